The Morgan fingerprint density at radius 2 is 2.00 bits per heavy atom. The molecule has 2 fully saturated rings. The zero-order valence-electron chi connectivity index (χ0n) is 21.7. The molecule has 7 nitrogen and oxygen atoms in total. The van der Waals surface area contributed by atoms with Crippen LogP contribution in [0.4, 0.5) is 4.39 Å². The summed E-state index contributed by atoms with van der Waals surface area (Å²) in [7, 11) is 0. The number of nitrogens with zero attached hydrogens (tertiary/aromatic N) is 1. The van der Waals surface area contributed by atoms with Gasteiger partial charge in [-0.1, -0.05) is 53.2 Å². The summed E-state index contributed by atoms with van der Waals surface area (Å²) in [4.78, 5) is 17.9. The zero-order chi connectivity index (χ0) is 27.0. The molecule has 0 spiro atoms. The van der Waals surface area contributed by atoms with E-state index in [0.717, 1.165) is 33.4 Å². The van der Waals surface area contributed by atoms with Crippen molar-refractivity contribution in [1.29, 1.82) is 0 Å². The molecule has 2 heterocycles. The van der Waals surface area contributed by atoms with Crippen LogP contribution >= 0.6 is 0 Å². The number of fused-ring (bicyclic) bond motifs is 1. The van der Waals surface area contributed by atoms with Gasteiger partial charge in [0.2, 0.25) is 0 Å². The number of hydrogen-bond donors (Lipinski definition) is 0. The first-order valence-corrected chi connectivity index (χ1v) is 12.9. The molecule has 2 aliphatic carbocycles. The predicted molar refractivity (Wildman–Crippen MR) is 142 cm³/mol. The van der Waals surface area contributed by atoms with Crippen molar-refractivity contribution in [3.63, 3.8) is 0 Å². The quantitative estimate of drug-likeness (QED) is 0.203. The molecule has 2 aromatic rings. The summed E-state index contributed by atoms with van der Waals surface area (Å²) < 4.78 is 37.2. The minimum atomic E-state index is -0.679. The molecule has 0 radical (unpaired) electrons. The van der Waals surface area contributed by atoms with Gasteiger partial charge in [-0.3, -0.25) is 4.79 Å². The standard InChI is InChI=1S/C31H28FNO6/c1-31(2)37-18-28(38-31)39-33-15-19-6-5-7-22(13-19)35-16-20-10-11-23-21(12-20)14-25-26(17-36-30(25)34)29(23)24-8-3-4-9-27(24)32/h3-11,13,15-16,25,28H,12,14,17-18H2,1-2H3/b20-16+,33-15?/t25?,28-/m0/s1. The Kier molecular flexibility index (Phi) is 6.66. The predicted octanol–water partition coefficient (Wildman–Crippen LogP) is 5.83. The number of hydrogen-bond acceptors (Lipinski definition) is 7. The Labute approximate surface area is 225 Å². The molecule has 6 rings (SSSR count). The number of ether oxygens (including phenoxy) is 4. The molecule has 8 heteroatoms. The van der Waals surface area contributed by atoms with Crippen molar-refractivity contribution >= 4 is 17.8 Å². The van der Waals surface area contributed by atoms with Crippen LogP contribution < -0.4 is 4.74 Å². The molecule has 1 unspecified atom stereocenters. The summed E-state index contributed by atoms with van der Waals surface area (Å²) in [5, 5.41) is 4.01. The van der Waals surface area contributed by atoms with Crippen LogP contribution in [0.3, 0.4) is 0 Å². The van der Waals surface area contributed by atoms with Gasteiger partial charge in [0.15, 0.2) is 5.79 Å². The normalized spacial score (nSPS) is 24.8. The van der Waals surface area contributed by atoms with Crippen LogP contribution in [0.15, 0.2) is 94.4 Å². The van der Waals surface area contributed by atoms with Gasteiger partial charge in [0.05, 0.1) is 18.4 Å². The van der Waals surface area contributed by atoms with Crippen LogP contribution in [-0.4, -0.2) is 37.5 Å². The molecule has 39 heavy (non-hydrogen) atoms. The number of oxime groups is 1. The Balaban J connectivity index is 1.16. The molecule has 2 atom stereocenters. The molecule has 0 aromatic heterocycles. The van der Waals surface area contributed by atoms with Crippen molar-refractivity contribution in [2.24, 2.45) is 11.1 Å². The maximum Gasteiger partial charge on any atom is 0.313 e. The number of esters is 1. The van der Waals surface area contributed by atoms with E-state index in [2.05, 4.69) is 5.16 Å². The SMILES string of the molecule is CC1(C)OC[C@H](ON=Cc2cccc(O/C=C3\C=CC4=C(C3)CC3C(=O)OCC3=C4c3ccccc3F)c2)O1. The van der Waals surface area contributed by atoms with Gasteiger partial charge in [0, 0.05) is 5.56 Å². The molecular formula is C31H28FNO6. The first-order valence-electron chi connectivity index (χ1n) is 12.9. The lowest BCUT2D eigenvalue weighted by atomic mass is 9.74. The zero-order valence-corrected chi connectivity index (χ0v) is 21.7. The van der Waals surface area contributed by atoms with Gasteiger partial charge in [-0.15, -0.1) is 0 Å². The van der Waals surface area contributed by atoms with Gasteiger partial charge < -0.3 is 23.8 Å². The molecule has 2 aliphatic heterocycles. The molecule has 0 amide bonds. The third kappa shape index (κ3) is 5.30. The Hall–Kier alpha value is -4.01. The maximum atomic E-state index is 14.8. The van der Waals surface area contributed by atoms with Gasteiger partial charge >= 0.3 is 5.97 Å². The fourth-order valence-corrected chi connectivity index (χ4v) is 5.25. The Morgan fingerprint density at radius 1 is 1.13 bits per heavy atom. The molecule has 4 aliphatic rings. The fourth-order valence-electron chi connectivity index (χ4n) is 5.25. The first kappa shape index (κ1) is 25.3. The van der Waals surface area contributed by atoms with Crippen LogP contribution in [0.5, 0.6) is 5.75 Å². The van der Waals surface area contributed by atoms with Gasteiger partial charge in [-0.05, 0) is 72.7 Å². The highest BCUT2D eigenvalue weighted by atomic mass is 19.1. The van der Waals surface area contributed by atoms with Gasteiger partial charge in [0.1, 0.15) is 24.8 Å². The van der Waals surface area contributed by atoms with Gasteiger partial charge in [0.25, 0.3) is 6.29 Å². The molecule has 200 valence electrons. The van der Waals surface area contributed by atoms with E-state index in [9.17, 15) is 9.18 Å². The Bertz CT molecular complexity index is 1470. The van der Waals surface area contributed by atoms with Crippen LogP contribution in [0.25, 0.3) is 5.57 Å². The lowest BCUT2D eigenvalue weighted by Crippen LogP contribution is -2.21. The second-order valence-electron chi connectivity index (χ2n) is 10.3. The lowest BCUT2D eigenvalue weighted by Gasteiger charge is -2.28. The molecule has 0 bridgehead atoms. The van der Waals surface area contributed by atoms with Crippen LogP contribution in [0.1, 0.15) is 37.8 Å². The van der Waals surface area contributed by atoms with Crippen molar-refractivity contribution in [2.45, 2.75) is 38.8 Å². The number of carbonyl (C=O) groups is 1. The van der Waals surface area contributed by atoms with Gasteiger partial charge in [-0.25, -0.2) is 4.39 Å². The van der Waals surface area contributed by atoms with E-state index in [1.54, 1.807) is 24.6 Å². The summed E-state index contributed by atoms with van der Waals surface area (Å²) in [6.45, 7) is 4.16. The number of allylic oxidation sites excluding steroid dienone is 6. The van der Waals surface area contributed by atoms with E-state index in [-0.39, 0.29) is 24.3 Å². The molecule has 2 saturated heterocycles. The van der Waals surface area contributed by atoms with Crippen molar-refractivity contribution in [3.05, 3.63) is 106 Å². The van der Waals surface area contributed by atoms with Crippen LogP contribution in [0, 0.1) is 11.7 Å². The van der Waals surface area contributed by atoms with E-state index in [1.165, 1.54) is 6.07 Å². The highest BCUT2D eigenvalue weighted by Gasteiger charge is 2.40. The smallest absolute Gasteiger partial charge is 0.313 e. The third-order valence-electron chi connectivity index (χ3n) is 7.09. The second kappa shape index (κ2) is 10.3. The molecule has 2 aromatic carbocycles. The van der Waals surface area contributed by atoms with E-state index < -0.39 is 12.1 Å². The van der Waals surface area contributed by atoms with Crippen LogP contribution in [0.2, 0.25) is 0 Å². The van der Waals surface area contributed by atoms with E-state index >= 15 is 0 Å². The number of rotatable bonds is 6. The van der Waals surface area contributed by atoms with E-state index in [4.69, 9.17) is 23.8 Å². The molecule has 0 N–H and O–H groups in total. The monoisotopic (exact) mass is 529 g/mol. The third-order valence-corrected chi connectivity index (χ3v) is 7.09. The number of cyclic esters (lactones) is 1. The lowest BCUT2D eigenvalue weighted by molar-refractivity contribution is -0.190. The highest BCUT2D eigenvalue weighted by Crippen LogP contribution is 2.47. The summed E-state index contributed by atoms with van der Waals surface area (Å²) in [6.07, 6.45) is 7.85. The van der Waals surface area contributed by atoms with E-state index in [0.29, 0.717) is 30.8 Å². The van der Waals surface area contributed by atoms with Crippen molar-refractivity contribution < 1.29 is 33.0 Å². The summed E-state index contributed by atoms with van der Waals surface area (Å²) >= 11 is 0. The topological polar surface area (TPSA) is 75.6 Å². The minimum absolute atomic E-state index is 0.202. The average Bonchev–Trinajstić information content (AvgIpc) is 3.47. The Morgan fingerprint density at radius 3 is 2.82 bits per heavy atom. The van der Waals surface area contributed by atoms with E-state index in [1.807, 2.05) is 56.3 Å². The number of halogens is 1. The summed E-state index contributed by atoms with van der Waals surface area (Å²) in [5.41, 5.74) is 5.89. The molecular weight excluding hydrogens is 501 g/mol. The average molecular weight is 530 g/mol. The van der Waals surface area contributed by atoms with Gasteiger partial charge in [-0.2, -0.15) is 0 Å². The maximum absolute atomic E-state index is 14.8. The summed E-state index contributed by atoms with van der Waals surface area (Å²) in [5.74, 6) is -0.982. The first-order chi connectivity index (χ1) is 18.9. The van der Waals surface area contributed by atoms with Crippen molar-refractivity contribution in [2.75, 3.05) is 13.2 Å². The number of carbonyl (C=O) groups excluding carboxylic acids is 1. The molecule has 0 saturated carbocycles. The largest absolute Gasteiger partial charge is 0.465 e. The fraction of sp³-hybridized carbons (Fsp3) is 0.290. The van der Waals surface area contributed by atoms with Crippen molar-refractivity contribution in [1.82, 2.24) is 0 Å². The second-order valence-corrected chi connectivity index (χ2v) is 10.3. The number of benzene rings is 2. The van der Waals surface area contributed by atoms with Crippen LogP contribution in [-0.2, 0) is 23.8 Å². The minimum Gasteiger partial charge on any atom is -0.465 e. The highest BCUT2D eigenvalue weighted by molar-refractivity contribution is 5.94. The summed E-state index contributed by atoms with van der Waals surface area (Å²) in [6, 6.07) is 14.1. The van der Waals surface area contributed by atoms with Crippen molar-refractivity contribution in [3.8, 4) is 5.75 Å².